The first kappa shape index (κ1) is 27.2. The van der Waals surface area contributed by atoms with Gasteiger partial charge in [-0.15, -0.1) is 0 Å². The summed E-state index contributed by atoms with van der Waals surface area (Å²) in [7, 11) is 0. The van der Waals surface area contributed by atoms with E-state index in [1.165, 1.54) is 0 Å². The standard InChI is InChI=1S/C25H28F6N4O2/c1-2-37-21-8-4-3-7-20(21)22(34-11-10-33-9-5-6-18(33)15-34)23(36)35(32)19-13-16(24(26,27)28)12-17(14-19)25(29,30)31/h3-4,7-8,12-14,18,22H,2,5-6,9-11,15,32H2,1H3/t18-,22?/m1/s1. The molecule has 0 spiro atoms. The number of halogens is 6. The number of ether oxygens (including phenoxy) is 1. The number of amides is 1. The molecule has 1 amide bonds. The number of carbonyl (C=O) groups excluding carboxylic acids is 1. The fourth-order valence-electron chi connectivity index (χ4n) is 5.07. The molecule has 2 aromatic carbocycles. The molecule has 0 aromatic heterocycles. The number of nitrogens with two attached hydrogens (primary N) is 1. The molecular weight excluding hydrogens is 502 g/mol. The quantitative estimate of drug-likeness (QED) is 0.251. The third-order valence-electron chi connectivity index (χ3n) is 6.82. The van der Waals surface area contributed by atoms with Crippen LogP contribution in [0.15, 0.2) is 42.5 Å². The summed E-state index contributed by atoms with van der Waals surface area (Å²) in [6.07, 6.45) is -8.20. The molecule has 2 aromatic rings. The van der Waals surface area contributed by atoms with Crippen molar-refractivity contribution in [2.45, 2.75) is 44.2 Å². The Hall–Kier alpha value is -2.83. The van der Waals surface area contributed by atoms with E-state index in [-0.39, 0.29) is 12.1 Å². The molecule has 0 bridgehead atoms. The molecule has 2 fully saturated rings. The molecule has 0 radical (unpaired) electrons. The van der Waals surface area contributed by atoms with E-state index in [1.54, 1.807) is 31.2 Å². The van der Waals surface area contributed by atoms with E-state index in [0.29, 0.717) is 54.7 Å². The molecule has 2 heterocycles. The van der Waals surface area contributed by atoms with Gasteiger partial charge in [0.05, 0.1) is 23.4 Å². The van der Waals surface area contributed by atoms with Crippen molar-refractivity contribution in [1.29, 1.82) is 0 Å². The second-order valence-corrected chi connectivity index (χ2v) is 9.17. The van der Waals surface area contributed by atoms with Gasteiger partial charge < -0.3 is 4.74 Å². The molecule has 2 aliphatic rings. The maximum Gasteiger partial charge on any atom is 0.416 e. The number of nitrogens with zero attached hydrogens (tertiary/aromatic N) is 3. The Bertz CT molecular complexity index is 1090. The van der Waals surface area contributed by atoms with E-state index in [9.17, 15) is 31.1 Å². The van der Waals surface area contributed by atoms with Crippen LogP contribution in [0.5, 0.6) is 5.75 Å². The molecule has 202 valence electrons. The number of para-hydroxylation sites is 1. The Balaban J connectivity index is 1.76. The van der Waals surface area contributed by atoms with E-state index in [2.05, 4.69) is 4.90 Å². The lowest BCUT2D eigenvalue weighted by Gasteiger charge is -2.42. The maximum absolute atomic E-state index is 13.8. The largest absolute Gasteiger partial charge is 0.494 e. The highest BCUT2D eigenvalue weighted by atomic mass is 19.4. The molecule has 6 nitrogen and oxygen atoms in total. The Labute approximate surface area is 210 Å². The summed E-state index contributed by atoms with van der Waals surface area (Å²) in [6, 6.07) is 6.77. The molecular formula is C25H28F6N4O2. The van der Waals surface area contributed by atoms with E-state index < -0.39 is 41.1 Å². The highest BCUT2D eigenvalue weighted by Gasteiger charge is 2.41. The Morgan fingerprint density at radius 3 is 2.32 bits per heavy atom. The molecule has 2 atom stereocenters. The van der Waals surface area contributed by atoms with Gasteiger partial charge in [-0.3, -0.25) is 14.6 Å². The highest BCUT2D eigenvalue weighted by Crippen LogP contribution is 2.40. The number of carbonyl (C=O) groups is 1. The van der Waals surface area contributed by atoms with Gasteiger partial charge in [0.2, 0.25) is 0 Å². The number of hydrogen-bond acceptors (Lipinski definition) is 5. The number of rotatable bonds is 6. The van der Waals surface area contributed by atoms with Crippen molar-refractivity contribution < 1.29 is 35.9 Å². The van der Waals surface area contributed by atoms with Crippen molar-refractivity contribution >= 4 is 11.6 Å². The number of piperazine rings is 1. The zero-order valence-electron chi connectivity index (χ0n) is 20.1. The first-order chi connectivity index (χ1) is 17.4. The normalized spacial score (nSPS) is 19.9. The number of benzene rings is 2. The summed E-state index contributed by atoms with van der Waals surface area (Å²) in [6.45, 7) is 4.65. The van der Waals surface area contributed by atoms with Crippen molar-refractivity contribution in [2.24, 2.45) is 5.84 Å². The van der Waals surface area contributed by atoms with Gasteiger partial charge in [0.1, 0.15) is 11.8 Å². The molecule has 2 aliphatic heterocycles. The Morgan fingerprint density at radius 1 is 1.05 bits per heavy atom. The Morgan fingerprint density at radius 2 is 1.70 bits per heavy atom. The van der Waals surface area contributed by atoms with Gasteiger partial charge in [0, 0.05) is 31.2 Å². The summed E-state index contributed by atoms with van der Waals surface area (Å²) < 4.78 is 86.3. The molecule has 37 heavy (non-hydrogen) atoms. The van der Waals surface area contributed by atoms with Gasteiger partial charge in [-0.05, 0) is 50.6 Å². The van der Waals surface area contributed by atoms with Crippen molar-refractivity contribution in [3.8, 4) is 5.75 Å². The van der Waals surface area contributed by atoms with Gasteiger partial charge in [0.15, 0.2) is 0 Å². The third-order valence-corrected chi connectivity index (χ3v) is 6.82. The number of fused-ring (bicyclic) bond motifs is 1. The molecule has 0 aliphatic carbocycles. The topological polar surface area (TPSA) is 62.0 Å². The van der Waals surface area contributed by atoms with E-state index in [0.717, 1.165) is 19.4 Å². The van der Waals surface area contributed by atoms with Gasteiger partial charge >= 0.3 is 12.4 Å². The minimum absolute atomic E-state index is 0.00298. The summed E-state index contributed by atoms with van der Waals surface area (Å²) in [5.41, 5.74) is -3.36. The lowest BCUT2D eigenvalue weighted by molar-refractivity contribution is -0.143. The number of hydrogen-bond donors (Lipinski definition) is 1. The summed E-state index contributed by atoms with van der Waals surface area (Å²) >= 11 is 0. The van der Waals surface area contributed by atoms with Crippen LogP contribution in [0.2, 0.25) is 0 Å². The van der Waals surface area contributed by atoms with Crippen LogP contribution in [0.25, 0.3) is 0 Å². The summed E-state index contributed by atoms with van der Waals surface area (Å²) in [5.74, 6) is 5.55. The molecule has 0 saturated carbocycles. The molecule has 2 saturated heterocycles. The lowest BCUT2D eigenvalue weighted by atomic mass is 9.99. The van der Waals surface area contributed by atoms with Crippen LogP contribution >= 0.6 is 0 Å². The second kappa shape index (κ2) is 10.5. The minimum atomic E-state index is -5.07. The van der Waals surface area contributed by atoms with E-state index >= 15 is 0 Å². The van der Waals surface area contributed by atoms with Crippen LogP contribution < -0.4 is 15.6 Å². The molecule has 1 unspecified atom stereocenters. The van der Waals surface area contributed by atoms with Gasteiger partial charge in [-0.2, -0.15) is 26.3 Å². The van der Waals surface area contributed by atoms with Crippen LogP contribution in [-0.4, -0.2) is 54.5 Å². The molecule has 2 N–H and O–H groups in total. The average Bonchev–Trinajstić information content (AvgIpc) is 3.31. The second-order valence-electron chi connectivity index (χ2n) is 9.17. The van der Waals surface area contributed by atoms with Crippen molar-refractivity contribution in [3.63, 3.8) is 0 Å². The van der Waals surface area contributed by atoms with Crippen molar-refractivity contribution in [3.05, 3.63) is 59.2 Å². The maximum atomic E-state index is 13.8. The van der Waals surface area contributed by atoms with Crippen LogP contribution in [0.1, 0.15) is 42.5 Å². The number of alkyl halides is 6. The number of anilines is 1. The Kier molecular flexibility index (Phi) is 7.72. The average molecular weight is 531 g/mol. The lowest BCUT2D eigenvalue weighted by Crippen LogP contribution is -2.55. The van der Waals surface area contributed by atoms with Crippen LogP contribution in [0, 0.1) is 0 Å². The highest BCUT2D eigenvalue weighted by molar-refractivity contribution is 5.97. The van der Waals surface area contributed by atoms with Crippen LogP contribution in [0.4, 0.5) is 32.0 Å². The fraction of sp³-hybridized carbons (Fsp3) is 0.480. The van der Waals surface area contributed by atoms with Crippen molar-refractivity contribution in [1.82, 2.24) is 9.80 Å². The third kappa shape index (κ3) is 5.86. The van der Waals surface area contributed by atoms with Gasteiger partial charge in [0.25, 0.3) is 5.91 Å². The summed E-state index contributed by atoms with van der Waals surface area (Å²) in [4.78, 5) is 18.0. The zero-order chi connectivity index (χ0) is 27.0. The zero-order valence-corrected chi connectivity index (χ0v) is 20.1. The molecule has 12 heteroatoms. The van der Waals surface area contributed by atoms with E-state index in [1.807, 2.05) is 4.90 Å². The van der Waals surface area contributed by atoms with Crippen LogP contribution in [0.3, 0.4) is 0 Å². The minimum Gasteiger partial charge on any atom is -0.494 e. The number of hydrazine groups is 1. The van der Waals surface area contributed by atoms with Crippen LogP contribution in [-0.2, 0) is 17.1 Å². The first-order valence-corrected chi connectivity index (χ1v) is 12.0. The predicted octanol–water partition coefficient (Wildman–Crippen LogP) is 4.85. The fourth-order valence-corrected chi connectivity index (χ4v) is 5.07. The predicted molar refractivity (Wildman–Crippen MR) is 125 cm³/mol. The monoisotopic (exact) mass is 530 g/mol. The van der Waals surface area contributed by atoms with E-state index in [4.69, 9.17) is 10.6 Å². The molecule has 4 rings (SSSR count). The first-order valence-electron chi connectivity index (χ1n) is 12.0. The SMILES string of the molecule is CCOc1ccccc1C(C(=O)N(N)c1cc(C(F)(F)F)cc(C(F)(F)F)c1)N1CCN2CCC[C@@H]2C1. The van der Waals surface area contributed by atoms with Gasteiger partial charge in [-0.25, -0.2) is 10.9 Å². The smallest absolute Gasteiger partial charge is 0.416 e. The van der Waals surface area contributed by atoms with Gasteiger partial charge in [-0.1, -0.05) is 18.2 Å². The van der Waals surface area contributed by atoms with Crippen molar-refractivity contribution in [2.75, 3.05) is 37.8 Å². The summed E-state index contributed by atoms with van der Waals surface area (Å²) in [5, 5.41) is 0.388.